The molecule has 5 heteroatoms. The first-order valence-corrected chi connectivity index (χ1v) is 5.56. The lowest BCUT2D eigenvalue weighted by Crippen LogP contribution is -2.19. The number of pyridine rings is 1. The zero-order chi connectivity index (χ0) is 12.1. The summed E-state index contributed by atoms with van der Waals surface area (Å²) in [6, 6.07) is 3.61. The van der Waals surface area contributed by atoms with Gasteiger partial charge in [0.2, 0.25) is 0 Å². The summed E-state index contributed by atoms with van der Waals surface area (Å²) < 4.78 is 1.97. The summed E-state index contributed by atoms with van der Waals surface area (Å²) in [5.41, 5.74) is 7.87. The third-order valence-electron chi connectivity index (χ3n) is 2.71. The minimum Gasteiger partial charge on any atom is -0.394 e. The molecule has 0 saturated carbocycles. The van der Waals surface area contributed by atoms with Crippen molar-refractivity contribution in [2.75, 3.05) is 6.61 Å². The molecule has 0 aliphatic carbocycles. The molecule has 3 N–H and O–H groups in total. The van der Waals surface area contributed by atoms with Gasteiger partial charge < -0.3 is 15.4 Å². The van der Waals surface area contributed by atoms with Crippen molar-refractivity contribution < 1.29 is 5.11 Å². The smallest absolute Gasteiger partial charge is 0.0948 e. The highest BCUT2D eigenvalue weighted by Gasteiger charge is 2.09. The third kappa shape index (κ3) is 2.89. The molecule has 0 fully saturated rings. The monoisotopic (exact) mass is 232 g/mol. The molecule has 0 radical (unpaired) electrons. The topological polar surface area (TPSA) is 77.0 Å². The van der Waals surface area contributed by atoms with Gasteiger partial charge >= 0.3 is 0 Å². The molecule has 0 bridgehead atoms. The number of rotatable bonds is 5. The molecule has 0 aliphatic rings. The van der Waals surface area contributed by atoms with E-state index in [4.69, 9.17) is 10.8 Å². The Morgan fingerprint density at radius 2 is 2.06 bits per heavy atom. The molecule has 0 amide bonds. The van der Waals surface area contributed by atoms with E-state index in [1.807, 2.05) is 16.7 Å². The Labute approximate surface area is 99.9 Å². The quantitative estimate of drug-likeness (QED) is 0.787. The number of nitrogens with zero attached hydrogens (tertiary/aromatic N) is 3. The molecule has 2 heterocycles. The molecular formula is C12H16N4O. The van der Waals surface area contributed by atoms with Crippen molar-refractivity contribution >= 4 is 0 Å². The van der Waals surface area contributed by atoms with Crippen LogP contribution >= 0.6 is 0 Å². The number of imidazole rings is 1. The fraction of sp³-hybridized carbons (Fsp3) is 0.333. The predicted octanol–water partition coefficient (Wildman–Crippen LogP) is 0.513. The van der Waals surface area contributed by atoms with E-state index in [1.165, 1.54) is 5.56 Å². The van der Waals surface area contributed by atoms with Crippen molar-refractivity contribution in [2.45, 2.75) is 19.0 Å². The maximum Gasteiger partial charge on any atom is 0.0948 e. The van der Waals surface area contributed by atoms with Crippen molar-refractivity contribution in [2.24, 2.45) is 5.73 Å². The molecule has 90 valence electrons. The summed E-state index contributed by atoms with van der Waals surface area (Å²) >= 11 is 0. The lowest BCUT2D eigenvalue weighted by Gasteiger charge is -2.12. The van der Waals surface area contributed by atoms with Crippen molar-refractivity contribution in [3.05, 3.63) is 48.3 Å². The van der Waals surface area contributed by atoms with Gasteiger partial charge in [0.15, 0.2) is 0 Å². The second-order valence-electron chi connectivity index (χ2n) is 3.91. The van der Waals surface area contributed by atoms with E-state index in [0.29, 0.717) is 0 Å². The number of aryl methyl sites for hydroxylation is 2. The normalized spacial score (nSPS) is 12.6. The van der Waals surface area contributed by atoms with Crippen molar-refractivity contribution in [1.82, 2.24) is 14.5 Å². The van der Waals surface area contributed by atoms with Crippen LogP contribution in [0.25, 0.3) is 0 Å². The summed E-state index contributed by atoms with van der Waals surface area (Å²) in [4.78, 5) is 8.04. The summed E-state index contributed by atoms with van der Waals surface area (Å²) in [7, 11) is 0. The molecule has 5 nitrogen and oxygen atoms in total. The van der Waals surface area contributed by atoms with Gasteiger partial charge in [-0.2, -0.15) is 0 Å². The van der Waals surface area contributed by atoms with Crippen LogP contribution in [0.5, 0.6) is 0 Å². The van der Waals surface area contributed by atoms with Crippen LogP contribution in [0.1, 0.15) is 17.3 Å². The Balaban J connectivity index is 2.02. The largest absolute Gasteiger partial charge is 0.394 e. The molecule has 1 unspecified atom stereocenters. The number of nitrogens with two attached hydrogens (primary N) is 1. The Bertz CT molecular complexity index is 455. The van der Waals surface area contributed by atoms with Gasteiger partial charge in [-0.25, -0.2) is 4.98 Å². The number of hydrogen-bond acceptors (Lipinski definition) is 4. The van der Waals surface area contributed by atoms with Gasteiger partial charge in [-0.15, -0.1) is 0 Å². The highest BCUT2D eigenvalue weighted by atomic mass is 16.3. The van der Waals surface area contributed by atoms with Crippen LogP contribution in [0.2, 0.25) is 0 Å². The summed E-state index contributed by atoms with van der Waals surface area (Å²) in [6.45, 7) is 0.730. The second kappa shape index (κ2) is 5.56. The van der Waals surface area contributed by atoms with Crippen LogP contribution in [0.3, 0.4) is 0 Å². The molecule has 0 aromatic carbocycles. The van der Waals surface area contributed by atoms with E-state index in [2.05, 4.69) is 9.97 Å². The van der Waals surface area contributed by atoms with Crippen LogP contribution < -0.4 is 5.73 Å². The average molecular weight is 232 g/mol. The maximum atomic E-state index is 9.04. The van der Waals surface area contributed by atoms with Crippen molar-refractivity contribution in [1.29, 1.82) is 0 Å². The van der Waals surface area contributed by atoms with Crippen LogP contribution in [-0.4, -0.2) is 26.2 Å². The van der Waals surface area contributed by atoms with E-state index in [9.17, 15) is 0 Å². The van der Waals surface area contributed by atoms with Gasteiger partial charge in [0.1, 0.15) is 0 Å². The van der Waals surface area contributed by atoms with Crippen LogP contribution in [0, 0.1) is 0 Å². The molecule has 2 aromatic heterocycles. The average Bonchev–Trinajstić information content (AvgIpc) is 2.85. The van der Waals surface area contributed by atoms with Crippen LogP contribution in [-0.2, 0) is 13.0 Å². The van der Waals surface area contributed by atoms with Crippen molar-refractivity contribution in [3.63, 3.8) is 0 Å². The second-order valence-corrected chi connectivity index (χ2v) is 3.91. The number of aliphatic hydroxyl groups excluding tert-OH is 1. The first kappa shape index (κ1) is 11.8. The Hall–Kier alpha value is -1.72. The van der Waals surface area contributed by atoms with Gasteiger partial charge in [0.05, 0.1) is 24.7 Å². The van der Waals surface area contributed by atoms with E-state index < -0.39 is 0 Å². The number of aromatic nitrogens is 3. The van der Waals surface area contributed by atoms with Gasteiger partial charge in [-0.3, -0.25) is 4.98 Å². The molecule has 0 saturated heterocycles. The number of hydrogen-bond donors (Lipinski definition) is 2. The van der Waals surface area contributed by atoms with Gasteiger partial charge in [0.25, 0.3) is 0 Å². The minimum absolute atomic E-state index is 0.0685. The van der Waals surface area contributed by atoms with Gasteiger partial charge in [-0.1, -0.05) is 0 Å². The van der Waals surface area contributed by atoms with Gasteiger partial charge in [-0.05, 0) is 24.1 Å². The zero-order valence-electron chi connectivity index (χ0n) is 9.53. The third-order valence-corrected chi connectivity index (χ3v) is 2.71. The Morgan fingerprint density at radius 1 is 1.29 bits per heavy atom. The minimum atomic E-state index is -0.366. The Kier molecular flexibility index (Phi) is 3.85. The van der Waals surface area contributed by atoms with E-state index in [1.54, 1.807) is 24.9 Å². The standard InChI is InChI=1S/C12H16N4O/c13-11(8-17)12-7-15-9-16(12)6-3-10-1-4-14-5-2-10/h1-2,4-5,7,9,11,17H,3,6,8,13H2. The zero-order valence-corrected chi connectivity index (χ0v) is 9.53. The summed E-state index contributed by atoms with van der Waals surface area (Å²) in [6.07, 6.45) is 7.90. The first-order chi connectivity index (χ1) is 8.31. The summed E-state index contributed by atoms with van der Waals surface area (Å²) in [5, 5.41) is 9.04. The molecule has 1 atom stereocenters. The first-order valence-electron chi connectivity index (χ1n) is 5.56. The van der Waals surface area contributed by atoms with E-state index in [0.717, 1.165) is 18.7 Å². The predicted molar refractivity (Wildman–Crippen MR) is 64.2 cm³/mol. The summed E-state index contributed by atoms with van der Waals surface area (Å²) in [5.74, 6) is 0. The Morgan fingerprint density at radius 3 is 2.76 bits per heavy atom. The molecule has 17 heavy (non-hydrogen) atoms. The van der Waals surface area contributed by atoms with Crippen LogP contribution in [0.4, 0.5) is 0 Å². The highest BCUT2D eigenvalue weighted by Crippen LogP contribution is 2.10. The molecular weight excluding hydrogens is 216 g/mol. The van der Waals surface area contributed by atoms with E-state index >= 15 is 0 Å². The van der Waals surface area contributed by atoms with E-state index in [-0.39, 0.29) is 12.6 Å². The number of aliphatic hydroxyl groups is 1. The SMILES string of the molecule is NC(CO)c1cncn1CCc1ccncc1. The lowest BCUT2D eigenvalue weighted by atomic mass is 10.2. The van der Waals surface area contributed by atoms with Crippen LogP contribution in [0.15, 0.2) is 37.1 Å². The molecule has 0 spiro atoms. The fourth-order valence-electron chi connectivity index (χ4n) is 1.72. The van der Waals surface area contributed by atoms with Crippen molar-refractivity contribution in [3.8, 4) is 0 Å². The molecule has 2 rings (SSSR count). The highest BCUT2D eigenvalue weighted by molar-refractivity contribution is 5.11. The molecule has 2 aromatic rings. The maximum absolute atomic E-state index is 9.04. The molecule has 0 aliphatic heterocycles. The fourth-order valence-corrected chi connectivity index (χ4v) is 1.72. The van der Waals surface area contributed by atoms with Gasteiger partial charge in [0, 0.05) is 25.1 Å². The lowest BCUT2D eigenvalue weighted by molar-refractivity contribution is 0.263.